The number of H-pyrrole nitrogens is 1. The molecule has 0 saturated heterocycles. The zero-order valence-corrected chi connectivity index (χ0v) is 15.1. The summed E-state index contributed by atoms with van der Waals surface area (Å²) >= 11 is 0. The van der Waals surface area contributed by atoms with Crippen molar-refractivity contribution in [2.24, 2.45) is 5.92 Å². The van der Waals surface area contributed by atoms with Gasteiger partial charge in [0.2, 0.25) is 0 Å². The molecule has 1 atom stereocenters. The van der Waals surface area contributed by atoms with E-state index in [1.165, 1.54) is 24.1 Å². The second kappa shape index (κ2) is 8.02. The number of nitrogens with one attached hydrogen (secondary N) is 2. The maximum Gasteiger partial charge on any atom is 0.251 e. The fourth-order valence-corrected chi connectivity index (χ4v) is 3.36. The van der Waals surface area contributed by atoms with Crippen molar-refractivity contribution in [3.8, 4) is 0 Å². The van der Waals surface area contributed by atoms with E-state index in [2.05, 4.69) is 24.1 Å². The lowest BCUT2D eigenvalue weighted by atomic mass is 9.95. The van der Waals surface area contributed by atoms with Crippen LogP contribution in [0, 0.1) is 5.92 Å². The van der Waals surface area contributed by atoms with E-state index in [9.17, 15) is 9.90 Å². The smallest absolute Gasteiger partial charge is 0.251 e. The summed E-state index contributed by atoms with van der Waals surface area (Å²) < 4.78 is 5.40. The average Bonchev–Trinajstić information content (AvgIpc) is 2.97. The molecule has 0 radical (unpaired) electrons. The standard InChI is InChI=1S/C20H28N2O3/c1-13(2)11-25-12-15(23)10-21-20(24)14-7-8-19-17(9-14)16-5-3-4-6-18(16)22-19/h7-9,13,15,22-23H,3-6,10-12H2,1-2H3,(H,21,24). The number of aromatic nitrogens is 1. The quantitative estimate of drug-likeness (QED) is 0.723. The van der Waals surface area contributed by atoms with Crippen molar-refractivity contribution in [3.63, 3.8) is 0 Å². The maximum absolute atomic E-state index is 12.4. The number of rotatable bonds is 7. The lowest BCUT2D eigenvalue weighted by Crippen LogP contribution is -2.34. The molecule has 1 aliphatic carbocycles. The Kier molecular flexibility index (Phi) is 5.76. The SMILES string of the molecule is CC(C)COCC(O)CNC(=O)c1ccc2[nH]c3c(c2c1)CCCC3. The van der Waals surface area contributed by atoms with Crippen LogP contribution in [0.4, 0.5) is 0 Å². The van der Waals surface area contributed by atoms with Crippen LogP contribution < -0.4 is 5.32 Å². The van der Waals surface area contributed by atoms with E-state index in [4.69, 9.17) is 4.74 Å². The molecule has 0 fully saturated rings. The summed E-state index contributed by atoms with van der Waals surface area (Å²) in [4.78, 5) is 15.9. The third kappa shape index (κ3) is 4.41. The Morgan fingerprint density at radius 1 is 1.28 bits per heavy atom. The van der Waals surface area contributed by atoms with Gasteiger partial charge in [-0.1, -0.05) is 13.8 Å². The van der Waals surface area contributed by atoms with Crippen LogP contribution in [-0.2, 0) is 17.6 Å². The zero-order chi connectivity index (χ0) is 17.8. The Bertz CT molecular complexity index is 736. The molecule has 1 aliphatic rings. The molecule has 0 spiro atoms. The molecular formula is C20H28N2O3. The minimum atomic E-state index is -0.688. The molecule has 0 bridgehead atoms. The van der Waals surface area contributed by atoms with Gasteiger partial charge in [-0.15, -0.1) is 0 Å². The van der Waals surface area contributed by atoms with Gasteiger partial charge in [-0.2, -0.15) is 0 Å². The highest BCUT2D eigenvalue weighted by Gasteiger charge is 2.17. The van der Waals surface area contributed by atoms with E-state index < -0.39 is 6.10 Å². The van der Waals surface area contributed by atoms with Crippen molar-refractivity contribution >= 4 is 16.8 Å². The van der Waals surface area contributed by atoms with E-state index in [1.54, 1.807) is 0 Å². The molecule has 25 heavy (non-hydrogen) atoms. The van der Waals surface area contributed by atoms with Crippen LogP contribution in [0.15, 0.2) is 18.2 Å². The Hall–Kier alpha value is -1.85. The highest BCUT2D eigenvalue weighted by molar-refractivity contribution is 5.99. The van der Waals surface area contributed by atoms with Crippen molar-refractivity contribution in [3.05, 3.63) is 35.0 Å². The number of aromatic amines is 1. The molecular weight excluding hydrogens is 316 g/mol. The summed E-state index contributed by atoms with van der Waals surface area (Å²) in [6.07, 6.45) is 3.91. The number of benzene rings is 1. The number of carbonyl (C=O) groups is 1. The van der Waals surface area contributed by atoms with Crippen LogP contribution in [0.5, 0.6) is 0 Å². The molecule has 136 valence electrons. The molecule has 1 heterocycles. The van der Waals surface area contributed by atoms with Crippen LogP contribution in [0.2, 0.25) is 0 Å². The van der Waals surface area contributed by atoms with Crippen LogP contribution in [0.1, 0.15) is 48.3 Å². The number of hydrogen-bond donors (Lipinski definition) is 3. The largest absolute Gasteiger partial charge is 0.389 e. The van der Waals surface area contributed by atoms with Gasteiger partial charge < -0.3 is 20.1 Å². The number of aliphatic hydroxyl groups excluding tert-OH is 1. The number of ether oxygens (including phenoxy) is 1. The Morgan fingerprint density at radius 2 is 2.08 bits per heavy atom. The zero-order valence-electron chi connectivity index (χ0n) is 15.1. The number of aliphatic hydroxyl groups is 1. The molecule has 1 amide bonds. The highest BCUT2D eigenvalue weighted by atomic mass is 16.5. The number of aryl methyl sites for hydroxylation is 2. The van der Waals surface area contributed by atoms with Gasteiger partial charge in [0.1, 0.15) is 0 Å². The molecule has 0 saturated carbocycles. The van der Waals surface area contributed by atoms with Gasteiger partial charge in [0.25, 0.3) is 5.91 Å². The third-order valence-electron chi connectivity index (χ3n) is 4.62. The first kappa shape index (κ1) is 18.0. The molecule has 1 unspecified atom stereocenters. The minimum Gasteiger partial charge on any atom is -0.389 e. The second-order valence-electron chi connectivity index (χ2n) is 7.34. The topological polar surface area (TPSA) is 74.3 Å². The molecule has 2 aromatic rings. The Morgan fingerprint density at radius 3 is 2.88 bits per heavy atom. The van der Waals surface area contributed by atoms with Crippen LogP contribution in [0.25, 0.3) is 10.9 Å². The maximum atomic E-state index is 12.4. The monoisotopic (exact) mass is 344 g/mol. The van der Waals surface area contributed by atoms with Gasteiger partial charge >= 0.3 is 0 Å². The lowest BCUT2D eigenvalue weighted by molar-refractivity contribution is 0.0259. The Labute approximate surface area is 148 Å². The predicted octanol–water partition coefficient (Wildman–Crippen LogP) is 2.81. The fourth-order valence-electron chi connectivity index (χ4n) is 3.36. The van der Waals surface area contributed by atoms with E-state index in [0.717, 1.165) is 23.7 Å². The highest BCUT2D eigenvalue weighted by Crippen LogP contribution is 2.29. The van der Waals surface area contributed by atoms with Crippen LogP contribution >= 0.6 is 0 Å². The van der Waals surface area contributed by atoms with Gasteiger partial charge in [-0.25, -0.2) is 0 Å². The average molecular weight is 344 g/mol. The van der Waals surface area contributed by atoms with Gasteiger partial charge in [0.15, 0.2) is 0 Å². The minimum absolute atomic E-state index is 0.157. The van der Waals surface area contributed by atoms with Gasteiger partial charge in [0, 0.05) is 35.3 Å². The second-order valence-corrected chi connectivity index (χ2v) is 7.34. The summed E-state index contributed by atoms with van der Waals surface area (Å²) in [5, 5.41) is 13.9. The lowest BCUT2D eigenvalue weighted by Gasteiger charge is -2.14. The van der Waals surface area contributed by atoms with Gasteiger partial charge in [0.05, 0.1) is 12.7 Å². The first-order valence-electron chi connectivity index (χ1n) is 9.22. The van der Waals surface area contributed by atoms with Crippen molar-refractivity contribution in [1.29, 1.82) is 0 Å². The van der Waals surface area contributed by atoms with Gasteiger partial charge in [-0.3, -0.25) is 4.79 Å². The predicted molar refractivity (Wildman–Crippen MR) is 98.9 cm³/mol. The van der Waals surface area contributed by atoms with E-state index in [0.29, 0.717) is 18.1 Å². The summed E-state index contributed by atoms with van der Waals surface area (Å²) in [5.41, 5.74) is 4.41. The molecule has 1 aromatic carbocycles. The van der Waals surface area contributed by atoms with E-state index >= 15 is 0 Å². The first-order chi connectivity index (χ1) is 12.0. The fraction of sp³-hybridized carbons (Fsp3) is 0.550. The van der Waals surface area contributed by atoms with Crippen molar-refractivity contribution < 1.29 is 14.6 Å². The molecule has 0 aliphatic heterocycles. The Balaban J connectivity index is 1.60. The first-order valence-corrected chi connectivity index (χ1v) is 9.22. The number of hydrogen-bond acceptors (Lipinski definition) is 3. The number of fused-ring (bicyclic) bond motifs is 3. The molecule has 3 N–H and O–H groups in total. The molecule has 5 nitrogen and oxygen atoms in total. The normalized spacial score (nSPS) is 15.4. The van der Waals surface area contributed by atoms with Crippen molar-refractivity contribution in [2.45, 2.75) is 45.6 Å². The summed E-state index contributed by atoms with van der Waals surface area (Å²) in [7, 11) is 0. The van der Waals surface area contributed by atoms with Gasteiger partial charge in [-0.05, 0) is 55.4 Å². The summed E-state index contributed by atoms with van der Waals surface area (Å²) in [6, 6.07) is 5.78. The van der Waals surface area contributed by atoms with E-state index in [-0.39, 0.29) is 19.1 Å². The van der Waals surface area contributed by atoms with Crippen LogP contribution in [0.3, 0.4) is 0 Å². The summed E-state index contributed by atoms with van der Waals surface area (Å²) in [5.74, 6) is 0.274. The van der Waals surface area contributed by atoms with Crippen molar-refractivity contribution in [1.82, 2.24) is 10.3 Å². The molecule has 3 rings (SSSR count). The molecule has 5 heteroatoms. The van der Waals surface area contributed by atoms with E-state index in [1.807, 2.05) is 18.2 Å². The van der Waals surface area contributed by atoms with Crippen molar-refractivity contribution in [2.75, 3.05) is 19.8 Å². The third-order valence-corrected chi connectivity index (χ3v) is 4.62. The number of carbonyl (C=O) groups excluding carboxylic acids is 1. The number of amides is 1. The molecule has 1 aromatic heterocycles. The van der Waals surface area contributed by atoms with Crippen LogP contribution in [-0.4, -0.2) is 41.9 Å². The summed E-state index contributed by atoms with van der Waals surface area (Å²) in [6.45, 7) is 5.16.